The van der Waals surface area contributed by atoms with Crippen molar-refractivity contribution in [3.63, 3.8) is 0 Å². The van der Waals surface area contributed by atoms with Crippen LogP contribution in [0, 0.1) is 26.7 Å². The molecular formula is C22H26ClN3O3. The second kappa shape index (κ2) is 8.82. The third-order valence-corrected chi connectivity index (χ3v) is 5.55. The van der Waals surface area contributed by atoms with Crippen molar-refractivity contribution < 1.29 is 14.3 Å². The molecule has 0 atom stereocenters. The van der Waals surface area contributed by atoms with E-state index in [1.165, 1.54) is 7.11 Å². The van der Waals surface area contributed by atoms with Gasteiger partial charge in [0.25, 0.3) is 5.91 Å². The molecule has 2 heterocycles. The van der Waals surface area contributed by atoms with Crippen LogP contribution in [0.1, 0.15) is 40.2 Å². The number of halogens is 1. The van der Waals surface area contributed by atoms with Crippen LogP contribution in [0.3, 0.4) is 0 Å². The van der Waals surface area contributed by atoms with E-state index in [1.54, 1.807) is 23.1 Å². The van der Waals surface area contributed by atoms with Gasteiger partial charge in [0, 0.05) is 29.7 Å². The third kappa shape index (κ3) is 4.70. The van der Waals surface area contributed by atoms with Gasteiger partial charge in [0.05, 0.1) is 24.1 Å². The van der Waals surface area contributed by atoms with E-state index in [0.717, 1.165) is 22.6 Å². The molecular weight excluding hydrogens is 390 g/mol. The van der Waals surface area contributed by atoms with Crippen molar-refractivity contribution in [2.45, 2.75) is 33.6 Å². The minimum atomic E-state index is -0.139. The van der Waals surface area contributed by atoms with Crippen molar-refractivity contribution >= 4 is 29.1 Å². The van der Waals surface area contributed by atoms with Gasteiger partial charge >= 0.3 is 0 Å². The molecule has 0 aliphatic carbocycles. The van der Waals surface area contributed by atoms with Crippen LogP contribution < -0.4 is 10.1 Å². The van der Waals surface area contributed by atoms with Crippen molar-refractivity contribution in [1.29, 1.82) is 0 Å². The summed E-state index contributed by atoms with van der Waals surface area (Å²) < 4.78 is 5.29. The maximum absolute atomic E-state index is 12.9. The number of nitrogens with one attached hydrogen (secondary N) is 1. The molecule has 154 valence electrons. The molecule has 0 unspecified atom stereocenters. The molecule has 1 aliphatic rings. The Morgan fingerprint density at radius 1 is 1.17 bits per heavy atom. The zero-order valence-corrected chi connectivity index (χ0v) is 18.0. The van der Waals surface area contributed by atoms with E-state index in [2.05, 4.69) is 10.3 Å². The Labute approximate surface area is 176 Å². The van der Waals surface area contributed by atoms with Gasteiger partial charge in [0.15, 0.2) is 0 Å². The quantitative estimate of drug-likeness (QED) is 0.813. The molecule has 2 amide bonds. The average Bonchev–Trinajstić information content (AvgIpc) is 2.70. The number of likely N-dealkylation sites (tertiary alicyclic amines) is 1. The summed E-state index contributed by atoms with van der Waals surface area (Å²) in [5.74, 6) is 0.212. The fraction of sp³-hybridized carbons (Fsp3) is 0.409. The molecule has 1 aliphatic heterocycles. The highest BCUT2D eigenvalue weighted by Gasteiger charge is 2.29. The highest BCUT2D eigenvalue weighted by molar-refractivity contribution is 6.31. The smallest absolute Gasteiger partial charge is 0.257 e. The summed E-state index contributed by atoms with van der Waals surface area (Å²) in [6.45, 7) is 6.83. The number of pyridine rings is 1. The fourth-order valence-electron chi connectivity index (χ4n) is 3.80. The summed E-state index contributed by atoms with van der Waals surface area (Å²) >= 11 is 6.05. The molecule has 3 rings (SSSR count). The molecule has 1 fully saturated rings. The Morgan fingerprint density at radius 3 is 2.48 bits per heavy atom. The van der Waals surface area contributed by atoms with Gasteiger partial charge < -0.3 is 15.0 Å². The Hall–Kier alpha value is -2.60. The maximum atomic E-state index is 12.9. The van der Waals surface area contributed by atoms with Crippen molar-refractivity contribution in [2.75, 3.05) is 25.5 Å². The second-order valence-corrected chi connectivity index (χ2v) is 7.88. The number of hydrogen-bond donors (Lipinski definition) is 1. The van der Waals surface area contributed by atoms with E-state index >= 15 is 0 Å². The molecule has 0 spiro atoms. The number of aryl methyl sites for hydroxylation is 3. The van der Waals surface area contributed by atoms with E-state index in [1.807, 2.05) is 26.8 Å². The normalized spacial score (nSPS) is 14.6. The van der Waals surface area contributed by atoms with Crippen molar-refractivity contribution in [1.82, 2.24) is 9.88 Å². The number of ether oxygens (including phenoxy) is 1. The van der Waals surface area contributed by atoms with E-state index in [-0.39, 0.29) is 17.7 Å². The van der Waals surface area contributed by atoms with Crippen LogP contribution in [-0.2, 0) is 4.79 Å². The molecule has 0 radical (unpaired) electrons. The lowest BCUT2D eigenvalue weighted by Gasteiger charge is -2.32. The predicted molar refractivity (Wildman–Crippen MR) is 114 cm³/mol. The lowest BCUT2D eigenvalue weighted by atomic mass is 9.95. The standard InChI is InChI=1S/C22H26ClN3O3/c1-13-11-14(2)24-15(3)20(13)25-21(27)16-7-9-26(10-8-16)22(28)18-12-17(23)5-6-19(18)29-4/h5-6,11-12,16H,7-10H2,1-4H3,(H,25,27). The number of methoxy groups -OCH3 is 1. The largest absolute Gasteiger partial charge is 0.496 e. The van der Waals surface area contributed by atoms with Crippen LogP contribution in [0.25, 0.3) is 0 Å². The van der Waals surface area contributed by atoms with Gasteiger partial charge in [-0.15, -0.1) is 0 Å². The van der Waals surface area contributed by atoms with Gasteiger partial charge in [-0.05, 0) is 63.4 Å². The molecule has 0 saturated carbocycles. The molecule has 2 aromatic rings. The monoisotopic (exact) mass is 415 g/mol. The first kappa shape index (κ1) is 21.1. The zero-order valence-electron chi connectivity index (χ0n) is 17.2. The van der Waals surface area contributed by atoms with E-state index in [9.17, 15) is 9.59 Å². The van der Waals surface area contributed by atoms with Gasteiger partial charge in [-0.1, -0.05) is 11.6 Å². The number of amides is 2. The number of anilines is 1. The SMILES string of the molecule is COc1ccc(Cl)cc1C(=O)N1CCC(C(=O)Nc2c(C)cc(C)nc2C)CC1. The van der Waals surface area contributed by atoms with Gasteiger partial charge in [-0.3, -0.25) is 14.6 Å². The minimum absolute atomic E-state index is 0.0192. The molecule has 1 aromatic carbocycles. The number of benzene rings is 1. The first-order valence-corrected chi connectivity index (χ1v) is 10.1. The van der Waals surface area contributed by atoms with Crippen LogP contribution in [-0.4, -0.2) is 41.9 Å². The van der Waals surface area contributed by atoms with Gasteiger partial charge in [-0.25, -0.2) is 0 Å². The summed E-state index contributed by atoms with van der Waals surface area (Å²) in [5, 5.41) is 3.52. The number of aromatic nitrogens is 1. The van der Waals surface area contributed by atoms with Crippen molar-refractivity contribution in [3.05, 3.63) is 51.8 Å². The summed E-state index contributed by atoms with van der Waals surface area (Å²) in [4.78, 5) is 31.9. The molecule has 0 bridgehead atoms. The summed E-state index contributed by atoms with van der Waals surface area (Å²) in [5.41, 5.74) is 3.98. The summed E-state index contributed by atoms with van der Waals surface area (Å²) in [7, 11) is 1.53. The van der Waals surface area contributed by atoms with E-state index < -0.39 is 0 Å². The van der Waals surface area contributed by atoms with Crippen molar-refractivity contribution in [2.24, 2.45) is 5.92 Å². The highest BCUT2D eigenvalue weighted by atomic mass is 35.5. The number of piperidine rings is 1. The maximum Gasteiger partial charge on any atom is 0.257 e. The minimum Gasteiger partial charge on any atom is -0.496 e. The van der Waals surface area contributed by atoms with Gasteiger partial charge in [0.2, 0.25) is 5.91 Å². The molecule has 6 nitrogen and oxygen atoms in total. The van der Waals surface area contributed by atoms with E-state index in [4.69, 9.17) is 16.3 Å². The lowest BCUT2D eigenvalue weighted by molar-refractivity contribution is -0.121. The molecule has 1 N–H and O–H groups in total. The number of carbonyl (C=O) groups is 2. The number of nitrogens with zero attached hydrogens (tertiary/aromatic N) is 2. The van der Waals surface area contributed by atoms with Gasteiger partial charge in [0.1, 0.15) is 5.75 Å². The van der Waals surface area contributed by atoms with Crippen LogP contribution >= 0.6 is 11.6 Å². The second-order valence-electron chi connectivity index (χ2n) is 7.44. The Kier molecular flexibility index (Phi) is 6.42. The third-order valence-electron chi connectivity index (χ3n) is 5.32. The molecule has 1 aromatic heterocycles. The first-order valence-electron chi connectivity index (χ1n) is 9.68. The Balaban J connectivity index is 1.64. The molecule has 1 saturated heterocycles. The lowest BCUT2D eigenvalue weighted by Crippen LogP contribution is -2.41. The number of carbonyl (C=O) groups excluding carboxylic acids is 2. The number of hydrogen-bond acceptors (Lipinski definition) is 4. The molecule has 7 heteroatoms. The number of rotatable bonds is 4. The Bertz CT molecular complexity index is 914. The first-order chi connectivity index (χ1) is 13.8. The van der Waals surface area contributed by atoms with Crippen LogP contribution in [0.4, 0.5) is 5.69 Å². The average molecular weight is 416 g/mol. The van der Waals surface area contributed by atoms with Crippen LogP contribution in [0.15, 0.2) is 24.3 Å². The summed E-state index contributed by atoms with van der Waals surface area (Å²) in [6, 6.07) is 6.97. The topological polar surface area (TPSA) is 71.5 Å². The molecule has 29 heavy (non-hydrogen) atoms. The predicted octanol–water partition coefficient (Wildman–Crippen LogP) is 4.16. The zero-order chi connectivity index (χ0) is 21.1. The Morgan fingerprint density at radius 2 is 1.86 bits per heavy atom. The van der Waals surface area contributed by atoms with Gasteiger partial charge in [-0.2, -0.15) is 0 Å². The summed E-state index contributed by atoms with van der Waals surface area (Å²) in [6.07, 6.45) is 1.22. The highest BCUT2D eigenvalue weighted by Crippen LogP contribution is 2.27. The van der Waals surface area contributed by atoms with Crippen LogP contribution in [0.5, 0.6) is 5.75 Å². The van der Waals surface area contributed by atoms with Crippen molar-refractivity contribution in [3.8, 4) is 5.75 Å². The van der Waals surface area contributed by atoms with Crippen LogP contribution in [0.2, 0.25) is 5.02 Å². The fourth-order valence-corrected chi connectivity index (χ4v) is 3.97. The van der Waals surface area contributed by atoms with E-state index in [0.29, 0.717) is 42.3 Å².